The molecule has 3 aromatic rings. The molecule has 0 spiro atoms. The number of fused-ring (bicyclic) bond motifs is 1. The van der Waals surface area contributed by atoms with Crippen molar-refractivity contribution in [3.05, 3.63) is 69.7 Å². The Hall–Kier alpha value is -3.19. The van der Waals surface area contributed by atoms with Crippen LogP contribution in [0.4, 0.5) is 10.8 Å². The molecule has 4 rings (SSSR count). The van der Waals surface area contributed by atoms with Crippen LogP contribution < -0.4 is 15.4 Å². The van der Waals surface area contributed by atoms with E-state index in [1.165, 1.54) is 11.3 Å². The second kappa shape index (κ2) is 8.28. The van der Waals surface area contributed by atoms with Gasteiger partial charge in [0.1, 0.15) is 5.75 Å². The van der Waals surface area contributed by atoms with Crippen molar-refractivity contribution >= 4 is 34.0 Å². The molecule has 0 saturated heterocycles. The SMILES string of the molecule is COc1ccc(C(=O)Nc2nc3c(s2)CCC3C(=O)Nc2cccc(C)c2C)cc1. The van der Waals surface area contributed by atoms with Gasteiger partial charge in [0.15, 0.2) is 5.13 Å². The number of anilines is 2. The van der Waals surface area contributed by atoms with Crippen LogP contribution in [-0.4, -0.2) is 23.9 Å². The number of nitrogens with one attached hydrogen (secondary N) is 2. The number of benzene rings is 2. The fraction of sp³-hybridized carbons (Fsp3) is 0.261. The molecule has 6 nitrogen and oxygen atoms in total. The van der Waals surface area contributed by atoms with Gasteiger partial charge in [0.25, 0.3) is 5.91 Å². The van der Waals surface area contributed by atoms with Gasteiger partial charge in [-0.25, -0.2) is 4.98 Å². The van der Waals surface area contributed by atoms with Crippen molar-refractivity contribution in [3.8, 4) is 5.75 Å². The molecule has 1 unspecified atom stereocenters. The largest absolute Gasteiger partial charge is 0.497 e. The third-order valence-electron chi connectivity index (χ3n) is 5.47. The number of hydrogen-bond acceptors (Lipinski definition) is 5. The number of thiazole rings is 1. The summed E-state index contributed by atoms with van der Waals surface area (Å²) < 4.78 is 5.12. The van der Waals surface area contributed by atoms with Crippen LogP contribution >= 0.6 is 11.3 Å². The molecule has 0 bridgehead atoms. The number of carbonyl (C=O) groups excluding carboxylic acids is 2. The zero-order chi connectivity index (χ0) is 21.3. The summed E-state index contributed by atoms with van der Waals surface area (Å²) >= 11 is 1.44. The molecule has 1 atom stereocenters. The molecule has 0 fully saturated rings. The second-order valence-electron chi connectivity index (χ2n) is 7.34. The summed E-state index contributed by atoms with van der Waals surface area (Å²) in [4.78, 5) is 31.0. The maximum Gasteiger partial charge on any atom is 0.257 e. The number of carbonyl (C=O) groups is 2. The third kappa shape index (κ3) is 3.93. The fourth-order valence-corrected chi connectivity index (χ4v) is 4.59. The van der Waals surface area contributed by atoms with Crippen molar-refractivity contribution in [2.45, 2.75) is 32.6 Å². The average Bonchev–Trinajstić information content (AvgIpc) is 3.31. The summed E-state index contributed by atoms with van der Waals surface area (Å²) in [6, 6.07) is 12.8. The number of methoxy groups -OCH3 is 1. The quantitative estimate of drug-likeness (QED) is 0.626. The summed E-state index contributed by atoms with van der Waals surface area (Å²) in [6.07, 6.45) is 1.52. The fourth-order valence-electron chi connectivity index (χ4n) is 3.55. The zero-order valence-electron chi connectivity index (χ0n) is 17.1. The Labute approximate surface area is 179 Å². The van der Waals surface area contributed by atoms with Crippen molar-refractivity contribution in [2.24, 2.45) is 0 Å². The number of amides is 2. The minimum atomic E-state index is -0.303. The Morgan fingerprint density at radius 3 is 2.60 bits per heavy atom. The first-order valence-corrected chi connectivity index (χ1v) is 10.6. The van der Waals surface area contributed by atoms with Gasteiger partial charge in [-0.2, -0.15) is 0 Å². The summed E-state index contributed by atoms with van der Waals surface area (Å²) in [7, 11) is 1.58. The van der Waals surface area contributed by atoms with Gasteiger partial charge in [-0.15, -0.1) is 11.3 Å². The molecule has 30 heavy (non-hydrogen) atoms. The molecule has 1 heterocycles. The van der Waals surface area contributed by atoms with Gasteiger partial charge in [0.2, 0.25) is 5.91 Å². The number of aryl methyl sites for hydroxylation is 2. The molecule has 0 aliphatic heterocycles. The Morgan fingerprint density at radius 1 is 1.10 bits per heavy atom. The van der Waals surface area contributed by atoms with Crippen molar-refractivity contribution in [3.63, 3.8) is 0 Å². The van der Waals surface area contributed by atoms with Crippen LogP contribution in [0, 0.1) is 13.8 Å². The van der Waals surface area contributed by atoms with Crippen molar-refractivity contribution < 1.29 is 14.3 Å². The highest BCUT2D eigenvalue weighted by atomic mass is 32.1. The molecule has 7 heteroatoms. The minimum absolute atomic E-state index is 0.0548. The van der Waals surface area contributed by atoms with Crippen LogP contribution in [0.3, 0.4) is 0 Å². The Bertz CT molecular complexity index is 1110. The zero-order valence-corrected chi connectivity index (χ0v) is 17.9. The van der Waals surface area contributed by atoms with Gasteiger partial charge in [-0.3, -0.25) is 14.9 Å². The van der Waals surface area contributed by atoms with Crippen LogP contribution in [0.1, 0.15) is 44.4 Å². The summed E-state index contributed by atoms with van der Waals surface area (Å²) in [5.74, 6) is 0.0996. The summed E-state index contributed by atoms with van der Waals surface area (Å²) in [5, 5.41) is 6.41. The second-order valence-corrected chi connectivity index (χ2v) is 8.42. The number of nitrogens with zero attached hydrogens (tertiary/aromatic N) is 1. The number of hydrogen-bond donors (Lipinski definition) is 2. The van der Waals surface area contributed by atoms with E-state index in [-0.39, 0.29) is 17.7 Å². The molecule has 1 aliphatic rings. The topological polar surface area (TPSA) is 80.3 Å². The van der Waals surface area contributed by atoms with Crippen molar-refractivity contribution in [1.29, 1.82) is 0 Å². The molecular formula is C23H23N3O3S. The average molecular weight is 422 g/mol. The van der Waals surface area contributed by atoms with Crippen LogP contribution in [0.15, 0.2) is 42.5 Å². The maximum absolute atomic E-state index is 12.9. The monoisotopic (exact) mass is 421 g/mol. The molecule has 2 amide bonds. The highest BCUT2D eigenvalue weighted by molar-refractivity contribution is 7.16. The van der Waals surface area contributed by atoms with Crippen molar-refractivity contribution in [2.75, 3.05) is 17.7 Å². The minimum Gasteiger partial charge on any atom is -0.497 e. The Kier molecular flexibility index (Phi) is 5.55. The van der Waals surface area contributed by atoms with Gasteiger partial charge >= 0.3 is 0 Å². The molecule has 0 radical (unpaired) electrons. The van der Waals surface area contributed by atoms with Crippen LogP contribution in [0.25, 0.3) is 0 Å². The van der Waals surface area contributed by atoms with E-state index in [4.69, 9.17) is 4.74 Å². The predicted octanol–water partition coefficient (Wildman–Crippen LogP) is 4.69. The van der Waals surface area contributed by atoms with Gasteiger partial charge in [-0.05, 0) is 68.1 Å². The summed E-state index contributed by atoms with van der Waals surface area (Å²) in [5.41, 5.74) is 4.33. The summed E-state index contributed by atoms with van der Waals surface area (Å²) in [6.45, 7) is 4.03. The maximum atomic E-state index is 12.9. The van der Waals surface area contributed by atoms with E-state index in [0.29, 0.717) is 16.4 Å². The molecule has 0 saturated carbocycles. The van der Waals surface area contributed by atoms with E-state index in [1.54, 1.807) is 31.4 Å². The van der Waals surface area contributed by atoms with E-state index < -0.39 is 0 Å². The van der Waals surface area contributed by atoms with E-state index in [2.05, 4.69) is 15.6 Å². The number of rotatable bonds is 5. The molecule has 1 aromatic heterocycles. The van der Waals surface area contributed by atoms with E-state index in [9.17, 15) is 9.59 Å². The lowest BCUT2D eigenvalue weighted by Gasteiger charge is -2.14. The van der Waals surface area contributed by atoms with Gasteiger partial charge in [-0.1, -0.05) is 12.1 Å². The van der Waals surface area contributed by atoms with Gasteiger partial charge in [0, 0.05) is 16.1 Å². The highest BCUT2D eigenvalue weighted by Crippen LogP contribution is 2.39. The van der Waals surface area contributed by atoms with E-state index in [0.717, 1.165) is 40.2 Å². The van der Waals surface area contributed by atoms with Crippen LogP contribution in [0.5, 0.6) is 5.75 Å². The van der Waals surface area contributed by atoms with Gasteiger partial charge in [0.05, 0.1) is 18.7 Å². The smallest absolute Gasteiger partial charge is 0.257 e. The molecular weight excluding hydrogens is 398 g/mol. The standard InChI is InChI=1S/C23H23N3O3S/c1-13-5-4-6-18(14(13)2)24-22(28)17-11-12-19-20(17)25-23(30-19)26-21(27)15-7-9-16(29-3)10-8-15/h4-10,17H,11-12H2,1-3H3,(H,24,28)(H,25,26,27). The molecule has 2 aromatic carbocycles. The van der Waals surface area contributed by atoms with Crippen molar-refractivity contribution in [1.82, 2.24) is 4.98 Å². The molecule has 154 valence electrons. The first-order chi connectivity index (χ1) is 14.5. The number of aromatic nitrogens is 1. The third-order valence-corrected chi connectivity index (χ3v) is 6.52. The Morgan fingerprint density at radius 2 is 1.87 bits per heavy atom. The van der Waals surface area contributed by atoms with E-state index >= 15 is 0 Å². The Balaban J connectivity index is 1.47. The highest BCUT2D eigenvalue weighted by Gasteiger charge is 2.33. The first kappa shape index (κ1) is 20.1. The van der Waals surface area contributed by atoms with E-state index in [1.807, 2.05) is 32.0 Å². The molecule has 1 aliphatic carbocycles. The normalized spacial score (nSPS) is 14.8. The lowest BCUT2D eigenvalue weighted by Crippen LogP contribution is -2.20. The lowest BCUT2D eigenvalue weighted by atomic mass is 10.0. The predicted molar refractivity (Wildman–Crippen MR) is 119 cm³/mol. The number of ether oxygens (including phenoxy) is 1. The van der Waals surface area contributed by atoms with Crippen LogP contribution in [-0.2, 0) is 11.2 Å². The lowest BCUT2D eigenvalue weighted by molar-refractivity contribution is -0.117. The first-order valence-electron chi connectivity index (χ1n) is 9.78. The molecule has 2 N–H and O–H groups in total. The van der Waals surface area contributed by atoms with Gasteiger partial charge < -0.3 is 10.1 Å². The van der Waals surface area contributed by atoms with Crippen LogP contribution in [0.2, 0.25) is 0 Å².